The van der Waals surface area contributed by atoms with Crippen LogP contribution in [0.3, 0.4) is 0 Å². The maximum absolute atomic E-state index is 12.4. The largest absolute Gasteiger partial charge is 0.380 e. The summed E-state index contributed by atoms with van der Waals surface area (Å²) in [7, 11) is 0. The van der Waals surface area contributed by atoms with Crippen molar-refractivity contribution in [2.75, 3.05) is 65.8 Å². The SMILES string of the molecule is CC.CC.CC.CCCOCCN(CC(C)(C)COCC(C)(C)CN(CCOCCC)C(=O)CC)C(C)=O. The smallest absolute Gasteiger partial charge is 0.222 e. The van der Waals surface area contributed by atoms with Crippen molar-refractivity contribution in [3.63, 3.8) is 0 Å². The van der Waals surface area contributed by atoms with Crippen molar-refractivity contribution in [3.8, 4) is 0 Å². The Morgan fingerprint density at radius 2 is 0.974 bits per heavy atom. The molecule has 0 aliphatic heterocycles. The summed E-state index contributed by atoms with van der Waals surface area (Å²) in [4.78, 5) is 28.1. The third-order valence-corrected chi connectivity index (χ3v) is 5.03. The second-order valence-corrected chi connectivity index (χ2v) is 10.2. The number of hydrogen-bond acceptors (Lipinski definition) is 5. The predicted molar refractivity (Wildman–Crippen MR) is 164 cm³/mol. The molecule has 0 fully saturated rings. The molecule has 0 heterocycles. The first kappa shape index (κ1) is 43.9. The zero-order chi connectivity index (χ0) is 30.6. The van der Waals surface area contributed by atoms with Gasteiger partial charge in [-0.25, -0.2) is 0 Å². The summed E-state index contributed by atoms with van der Waals surface area (Å²) in [5, 5.41) is 0. The number of ether oxygens (including phenoxy) is 3. The molecule has 0 saturated heterocycles. The fraction of sp³-hybridized carbons (Fsp3) is 0.935. The third-order valence-electron chi connectivity index (χ3n) is 5.03. The highest BCUT2D eigenvalue weighted by atomic mass is 16.5. The molecule has 0 bridgehead atoms. The van der Waals surface area contributed by atoms with Crippen molar-refractivity contribution in [2.24, 2.45) is 10.8 Å². The molecule has 2 amide bonds. The van der Waals surface area contributed by atoms with Crippen LogP contribution < -0.4 is 0 Å². The van der Waals surface area contributed by atoms with E-state index in [0.717, 1.165) is 26.1 Å². The van der Waals surface area contributed by atoms with Gasteiger partial charge in [0.2, 0.25) is 11.8 Å². The van der Waals surface area contributed by atoms with Crippen molar-refractivity contribution >= 4 is 11.8 Å². The van der Waals surface area contributed by atoms with Gasteiger partial charge in [0.15, 0.2) is 0 Å². The fourth-order valence-electron chi connectivity index (χ4n) is 3.43. The number of hydrogen-bond donors (Lipinski definition) is 0. The van der Waals surface area contributed by atoms with Gasteiger partial charge in [0.05, 0.1) is 26.4 Å². The van der Waals surface area contributed by atoms with Crippen molar-refractivity contribution in [3.05, 3.63) is 0 Å². The number of amides is 2. The Kier molecular flexibility index (Phi) is 33.3. The van der Waals surface area contributed by atoms with Gasteiger partial charge in [0.25, 0.3) is 0 Å². The van der Waals surface area contributed by atoms with E-state index in [1.165, 1.54) is 0 Å². The molecule has 7 nitrogen and oxygen atoms in total. The molecule has 0 rings (SSSR count). The normalized spacial score (nSPS) is 10.7. The maximum atomic E-state index is 12.4. The first-order valence-electron chi connectivity index (χ1n) is 15.2. The molecule has 0 aromatic heterocycles. The van der Waals surface area contributed by atoms with Gasteiger partial charge in [-0.1, -0.05) is 90.0 Å². The van der Waals surface area contributed by atoms with Gasteiger partial charge >= 0.3 is 0 Å². The highest BCUT2D eigenvalue weighted by molar-refractivity contribution is 5.75. The van der Waals surface area contributed by atoms with Crippen LogP contribution in [0.1, 0.15) is 116 Å². The highest BCUT2D eigenvalue weighted by Gasteiger charge is 2.28. The Labute approximate surface area is 238 Å². The molecule has 232 valence electrons. The van der Waals surface area contributed by atoms with Crippen molar-refractivity contribution < 1.29 is 23.8 Å². The summed E-state index contributed by atoms with van der Waals surface area (Å²) in [6.07, 6.45) is 2.44. The Balaban J connectivity index is -0.000000892. The molecule has 0 aliphatic rings. The molecule has 0 aromatic carbocycles. The van der Waals surface area contributed by atoms with E-state index < -0.39 is 0 Å². The van der Waals surface area contributed by atoms with Crippen LogP contribution in [0.25, 0.3) is 0 Å². The fourth-order valence-corrected chi connectivity index (χ4v) is 3.43. The van der Waals surface area contributed by atoms with E-state index in [9.17, 15) is 9.59 Å². The van der Waals surface area contributed by atoms with Gasteiger partial charge in [-0.15, -0.1) is 0 Å². The maximum Gasteiger partial charge on any atom is 0.222 e. The van der Waals surface area contributed by atoms with Crippen LogP contribution in [0, 0.1) is 10.8 Å². The van der Waals surface area contributed by atoms with Crippen LogP contribution in [0.15, 0.2) is 0 Å². The molecule has 0 unspecified atom stereocenters. The van der Waals surface area contributed by atoms with Crippen LogP contribution in [-0.4, -0.2) is 87.4 Å². The van der Waals surface area contributed by atoms with E-state index in [-0.39, 0.29) is 22.6 Å². The predicted octanol–water partition coefficient (Wildman–Crippen LogP) is 7.07. The molecule has 0 saturated carbocycles. The van der Waals surface area contributed by atoms with Gasteiger partial charge in [-0.2, -0.15) is 0 Å². The Hall–Kier alpha value is -1.18. The van der Waals surface area contributed by atoms with Crippen molar-refractivity contribution in [1.29, 1.82) is 0 Å². The molecular formula is C31H68N2O5. The topological polar surface area (TPSA) is 68.3 Å². The molecular weight excluding hydrogens is 480 g/mol. The average molecular weight is 549 g/mol. The minimum atomic E-state index is -0.181. The lowest BCUT2D eigenvalue weighted by atomic mass is 9.92. The van der Waals surface area contributed by atoms with Gasteiger partial charge in [0, 0.05) is 63.6 Å². The van der Waals surface area contributed by atoms with E-state index in [0.29, 0.717) is 59.0 Å². The number of rotatable bonds is 19. The zero-order valence-electron chi connectivity index (χ0n) is 28.1. The molecule has 0 atom stereocenters. The van der Waals surface area contributed by atoms with Gasteiger partial charge in [-0.05, 0) is 12.8 Å². The van der Waals surface area contributed by atoms with E-state index >= 15 is 0 Å². The summed E-state index contributed by atoms with van der Waals surface area (Å²) in [6.45, 7) is 34.2. The van der Waals surface area contributed by atoms with E-state index in [1.807, 2.05) is 58.3 Å². The zero-order valence-corrected chi connectivity index (χ0v) is 28.1. The van der Waals surface area contributed by atoms with E-state index in [1.54, 1.807) is 6.92 Å². The van der Waals surface area contributed by atoms with Crippen LogP contribution in [0.4, 0.5) is 0 Å². The second-order valence-electron chi connectivity index (χ2n) is 10.2. The molecule has 7 heteroatoms. The summed E-state index contributed by atoms with van der Waals surface area (Å²) in [5.74, 6) is 0.193. The third kappa shape index (κ3) is 26.4. The summed E-state index contributed by atoms with van der Waals surface area (Å²) in [5.41, 5.74) is -0.362. The van der Waals surface area contributed by atoms with Crippen LogP contribution in [0.2, 0.25) is 0 Å². The van der Waals surface area contributed by atoms with Gasteiger partial charge in [0.1, 0.15) is 0 Å². The highest BCUT2D eigenvalue weighted by Crippen LogP contribution is 2.22. The van der Waals surface area contributed by atoms with Crippen LogP contribution in [0.5, 0.6) is 0 Å². The van der Waals surface area contributed by atoms with E-state index in [4.69, 9.17) is 14.2 Å². The molecule has 0 spiro atoms. The molecule has 0 N–H and O–H groups in total. The lowest BCUT2D eigenvalue weighted by Crippen LogP contribution is -2.44. The summed E-state index contributed by atoms with van der Waals surface area (Å²) < 4.78 is 17.2. The Bertz CT molecular complexity index is 524. The quantitative estimate of drug-likeness (QED) is 0.161. The average Bonchev–Trinajstić information content (AvgIpc) is 2.90. The lowest BCUT2D eigenvalue weighted by molar-refractivity contribution is -0.134. The summed E-state index contributed by atoms with van der Waals surface area (Å²) in [6, 6.07) is 0. The first-order chi connectivity index (χ1) is 18.0. The number of carbonyl (C=O) groups excluding carboxylic acids is 2. The standard InChI is InChI=1S/C25H50N2O5.3C2H6/c1-9-14-30-16-12-26(22(4)28)18-24(5,6)20-32-21-25(7,8)19-27(23(29)11-3)13-17-31-15-10-2;3*1-2/h9-21H2,1-8H3;3*1-2H3. The monoisotopic (exact) mass is 549 g/mol. The molecule has 0 aliphatic carbocycles. The van der Waals surface area contributed by atoms with Crippen molar-refractivity contribution in [2.45, 2.75) is 116 Å². The lowest BCUT2D eigenvalue weighted by Gasteiger charge is -2.35. The number of nitrogens with zero attached hydrogens (tertiary/aromatic N) is 2. The van der Waals surface area contributed by atoms with Gasteiger partial charge in [-0.3, -0.25) is 9.59 Å². The van der Waals surface area contributed by atoms with Gasteiger partial charge < -0.3 is 24.0 Å². The minimum absolute atomic E-state index is 0.0533. The van der Waals surface area contributed by atoms with E-state index in [2.05, 4.69) is 41.5 Å². The van der Waals surface area contributed by atoms with Crippen molar-refractivity contribution in [1.82, 2.24) is 9.80 Å². The van der Waals surface area contributed by atoms with Crippen LogP contribution >= 0.6 is 0 Å². The molecule has 38 heavy (non-hydrogen) atoms. The Morgan fingerprint density at radius 3 is 1.32 bits per heavy atom. The first-order valence-corrected chi connectivity index (χ1v) is 15.2. The second kappa shape index (κ2) is 28.8. The number of carbonyl (C=O) groups is 2. The Morgan fingerprint density at radius 1 is 0.605 bits per heavy atom. The minimum Gasteiger partial charge on any atom is -0.380 e. The summed E-state index contributed by atoms with van der Waals surface area (Å²) >= 11 is 0. The van der Waals surface area contributed by atoms with Crippen LogP contribution in [-0.2, 0) is 23.8 Å². The molecule has 0 radical (unpaired) electrons. The molecule has 0 aromatic rings.